The van der Waals surface area contributed by atoms with Crippen LogP contribution in [0.2, 0.25) is 10.0 Å². The summed E-state index contributed by atoms with van der Waals surface area (Å²) in [5.74, 6) is -0.0827. The van der Waals surface area contributed by atoms with Crippen molar-refractivity contribution in [1.29, 1.82) is 0 Å². The lowest BCUT2D eigenvalue weighted by atomic mass is 9.84. The predicted octanol–water partition coefficient (Wildman–Crippen LogP) is 4.33. The van der Waals surface area contributed by atoms with E-state index in [2.05, 4.69) is 5.32 Å². The number of piperidine rings is 1. The molecule has 2 unspecified atom stereocenters. The summed E-state index contributed by atoms with van der Waals surface area (Å²) in [5, 5.41) is 4.04. The SMILES string of the molecule is CC(=O)N1CC(C(=O)N2CCC(NC(=O)c3ccc(CCl)cc3)C(c3ccc(Cl)c(Cl)c3)C2)C1. The first-order valence-electron chi connectivity index (χ1n) is 11.2. The number of rotatable bonds is 5. The van der Waals surface area contributed by atoms with Crippen LogP contribution in [0.3, 0.4) is 0 Å². The van der Waals surface area contributed by atoms with Crippen LogP contribution < -0.4 is 5.32 Å². The summed E-state index contributed by atoms with van der Waals surface area (Å²) in [6, 6.07) is 12.4. The lowest BCUT2D eigenvalue weighted by Crippen LogP contribution is -2.59. The van der Waals surface area contributed by atoms with Crippen molar-refractivity contribution in [3.05, 3.63) is 69.2 Å². The third-order valence-corrected chi connectivity index (χ3v) is 7.71. The van der Waals surface area contributed by atoms with Crippen LogP contribution in [0.4, 0.5) is 0 Å². The van der Waals surface area contributed by atoms with E-state index in [-0.39, 0.29) is 35.6 Å². The highest BCUT2D eigenvalue weighted by Gasteiger charge is 2.40. The van der Waals surface area contributed by atoms with Crippen molar-refractivity contribution in [2.24, 2.45) is 5.92 Å². The van der Waals surface area contributed by atoms with Gasteiger partial charge in [-0.1, -0.05) is 41.4 Å². The number of carbonyl (C=O) groups excluding carboxylic acids is 3. The summed E-state index contributed by atoms with van der Waals surface area (Å²) in [4.78, 5) is 41.1. The van der Waals surface area contributed by atoms with Gasteiger partial charge in [0, 0.05) is 56.5 Å². The van der Waals surface area contributed by atoms with Crippen LogP contribution in [0.15, 0.2) is 42.5 Å². The van der Waals surface area contributed by atoms with E-state index in [0.29, 0.717) is 54.1 Å². The molecule has 0 aliphatic carbocycles. The molecule has 0 spiro atoms. The van der Waals surface area contributed by atoms with Crippen LogP contribution >= 0.6 is 34.8 Å². The monoisotopic (exact) mass is 521 g/mol. The normalized spacial score (nSPS) is 20.6. The van der Waals surface area contributed by atoms with Gasteiger partial charge < -0.3 is 15.1 Å². The molecule has 2 heterocycles. The van der Waals surface area contributed by atoms with Crippen LogP contribution in [-0.4, -0.2) is 59.7 Å². The molecule has 180 valence electrons. The van der Waals surface area contributed by atoms with E-state index in [1.54, 1.807) is 29.2 Å². The molecule has 2 aliphatic rings. The summed E-state index contributed by atoms with van der Waals surface area (Å²) in [6.07, 6.45) is 0.602. The number of alkyl halides is 1. The molecule has 6 nitrogen and oxygen atoms in total. The Balaban J connectivity index is 1.51. The maximum atomic E-state index is 13.1. The Morgan fingerprint density at radius 1 is 0.971 bits per heavy atom. The fraction of sp³-hybridized carbons (Fsp3) is 0.400. The molecule has 0 bridgehead atoms. The van der Waals surface area contributed by atoms with Gasteiger partial charge >= 0.3 is 0 Å². The molecule has 1 N–H and O–H groups in total. The lowest BCUT2D eigenvalue weighted by Gasteiger charge is -2.44. The van der Waals surface area contributed by atoms with Gasteiger partial charge in [-0.15, -0.1) is 11.6 Å². The van der Waals surface area contributed by atoms with E-state index in [0.717, 1.165) is 11.1 Å². The minimum Gasteiger partial charge on any atom is -0.349 e. The molecule has 2 aliphatic heterocycles. The minimum atomic E-state index is -0.184. The van der Waals surface area contributed by atoms with Gasteiger partial charge in [-0.25, -0.2) is 0 Å². The van der Waals surface area contributed by atoms with E-state index >= 15 is 0 Å². The van der Waals surface area contributed by atoms with E-state index in [1.807, 2.05) is 23.1 Å². The van der Waals surface area contributed by atoms with Crippen LogP contribution in [0, 0.1) is 5.92 Å². The summed E-state index contributed by atoms with van der Waals surface area (Å²) >= 11 is 18.3. The van der Waals surface area contributed by atoms with Crippen molar-refractivity contribution in [2.75, 3.05) is 26.2 Å². The standard InChI is InChI=1S/C25H26Cl3N3O3/c1-15(32)31-12-19(13-31)25(34)30-9-8-23(20(14-30)18-6-7-21(27)22(28)10-18)29-24(33)17-4-2-16(11-26)3-5-17/h2-7,10,19-20,23H,8-9,11-14H2,1H3,(H,29,33). The second-order valence-electron chi connectivity index (χ2n) is 8.88. The van der Waals surface area contributed by atoms with Crippen molar-refractivity contribution < 1.29 is 14.4 Å². The van der Waals surface area contributed by atoms with Crippen LogP contribution in [0.1, 0.15) is 40.7 Å². The average Bonchev–Trinajstić information content (AvgIpc) is 2.80. The smallest absolute Gasteiger partial charge is 0.251 e. The first-order valence-corrected chi connectivity index (χ1v) is 12.5. The zero-order chi connectivity index (χ0) is 24.4. The largest absolute Gasteiger partial charge is 0.349 e. The molecule has 2 saturated heterocycles. The number of nitrogens with one attached hydrogen (secondary N) is 1. The Kier molecular flexibility index (Phi) is 7.70. The first kappa shape index (κ1) is 24.8. The third kappa shape index (κ3) is 5.35. The van der Waals surface area contributed by atoms with Crippen molar-refractivity contribution in [3.63, 3.8) is 0 Å². The van der Waals surface area contributed by atoms with E-state index in [4.69, 9.17) is 34.8 Å². The van der Waals surface area contributed by atoms with E-state index in [1.165, 1.54) is 6.92 Å². The molecule has 0 aromatic heterocycles. The Hall–Kier alpha value is -2.28. The van der Waals surface area contributed by atoms with Gasteiger partial charge in [-0.3, -0.25) is 14.4 Å². The Bertz CT molecular complexity index is 1090. The average molecular weight is 523 g/mol. The quantitative estimate of drug-likeness (QED) is 0.595. The molecule has 0 saturated carbocycles. The molecular formula is C25H26Cl3N3O3. The van der Waals surface area contributed by atoms with Crippen molar-refractivity contribution in [2.45, 2.75) is 31.2 Å². The maximum absolute atomic E-state index is 13.1. The van der Waals surface area contributed by atoms with Gasteiger partial charge in [0.15, 0.2) is 0 Å². The molecule has 0 radical (unpaired) electrons. The number of nitrogens with zero attached hydrogens (tertiary/aromatic N) is 2. The first-order chi connectivity index (χ1) is 16.3. The minimum absolute atomic E-state index is 0.0155. The third-order valence-electron chi connectivity index (χ3n) is 6.66. The van der Waals surface area contributed by atoms with Crippen molar-refractivity contribution >= 4 is 52.5 Å². The number of benzene rings is 2. The van der Waals surface area contributed by atoms with Gasteiger partial charge in [0.25, 0.3) is 5.91 Å². The second kappa shape index (κ2) is 10.5. The number of carbonyl (C=O) groups is 3. The molecule has 2 fully saturated rings. The Morgan fingerprint density at radius 3 is 2.29 bits per heavy atom. The number of hydrogen-bond acceptors (Lipinski definition) is 3. The lowest BCUT2D eigenvalue weighted by molar-refractivity contribution is -0.148. The van der Waals surface area contributed by atoms with Gasteiger partial charge in [-0.2, -0.15) is 0 Å². The molecule has 3 amide bonds. The van der Waals surface area contributed by atoms with E-state index in [9.17, 15) is 14.4 Å². The number of likely N-dealkylation sites (tertiary alicyclic amines) is 2. The van der Waals surface area contributed by atoms with Gasteiger partial charge in [0.1, 0.15) is 0 Å². The number of hydrogen-bond donors (Lipinski definition) is 1. The number of halogens is 3. The summed E-state index contributed by atoms with van der Waals surface area (Å²) in [7, 11) is 0. The highest BCUT2D eigenvalue weighted by atomic mass is 35.5. The molecule has 4 rings (SSSR count). The Morgan fingerprint density at radius 2 is 1.68 bits per heavy atom. The summed E-state index contributed by atoms with van der Waals surface area (Å²) < 4.78 is 0. The zero-order valence-electron chi connectivity index (χ0n) is 18.8. The topological polar surface area (TPSA) is 69.7 Å². The Labute approximate surface area is 214 Å². The zero-order valence-corrected chi connectivity index (χ0v) is 21.0. The highest BCUT2D eigenvalue weighted by Crippen LogP contribution is 2.33. The predicted molar refractivity (Wildman–Crippen MR) is 133 cm³/mol. The molecule has 2 aromatic rings. The van der Waals surface area contributed by atoms with Crippen molar-refractivity contribution in [3.8, 4) is 0 Å². The van der Waals surface area contributed by atoms with Crippen LogP contribution in [-0.2, 0) is 15.5 Å². The molecular weight excluding hydrogens is 497 g/mol. The van der Waals surface area contributed by atoms with Crippen molar-refractivity contribution in [1.82, 2.24) is 15.1 Å². The molecule has 2 aromatic carbocycles. The molecule has 9 heteroatoms. The van der Waals surface area contributed by atoms with Crippen LogP contribution in [0.5, 0.6) is 0 Å². The second-order valence-corrected chi connectivity index (χ2v) is 9.97. The highest BCUT2D eigenvalue weighted by molar-refractivity contribution is 6.42. The molecule has 2 atom stereocenters. The van der Waals surface area contributed by atoms with Gasteiger partial charge in [-0.05, 0) is 41.8 Å². The fourth-order valence-corrected chi connectivity index (χ4v) is 5.04. The van der Waals surface area contributed by atoms with E-state index < -0.39 is 0 Å². The fourth-order valence-electron chi connectivity index (χ4n) is 4.55. The number of amides is 3. The molecule has 34 heavy (non-hydrogen) atoms. The summed E-state index contributed by atoms with van der Waals surface area (Å²) in [5.41, 5.74) is 2.41. The van der Waals surface area contributed by atoms with Crippen LogP contribution in [0.25, 0.3) is 0 Å². The van der Waals surface area contributed by atoms with Gasteiger partial charge in [0.2, 0.25) is 11.8 Å². The van der Waals surface area contributed by atoms with Gasteiger partial charge in [0.05, 0.1) is 16.0 Å². The summed E-state index contributed by atoms with van der Waals surface area (Å²) in [6.45, 7) is 3.41. The maximum Gasteiger partial charge on any atom is 0.251 e.